The van der Waals surface area contributed by atoms with Crippen molar-refractivity contribution in [1.29, 1.82) is 0 Å². The van der Waals surface area contributed by atoms with Gasteiger partial charge >= 0.3 is 5.97 Å². The number of ether oxygens (including phenoxy) is 1. The maximum absolute atomic E-state index is 11.6. The van der Waals surface area contributed by atoms with E-state index in [4.69, 9.17) is 10.5 Å². The van der Waals surface area contributed by atoms with E-state index in [2.05, 4.69) is 26.1 Å². The van der Waals surface area contributed by atoms with Gasteiger partial charge in [0.25, 0.3) is 0 Å². The number of carbonyl (C=O) groups excluding carboxylic acids is 1. The maximum Gasteiger partial charge on any atom is 0.337 e. The predicted octanol–water partition coefficient (Wildman–Crippen LogP) is 3.93. The predicted molar refractivity (Wildman–Crippen MR) is 91.0 cm³/mol. The van der Waals surface area contributed by atoms with Crippen LogP contribution in [-0.4, -0.2) is 19.6 Å². The third kappa shape index (κ3) is 4.15. The Balaban J connectivity index is 2.03. The Labute approximate surface area is 133 Å². The van der Waals surface area contributed by atoms with Gasteiger partial charge in [0, 0.05) is 6.54 Å². The summed E-state index contributed by atoms with van der Waals surface area (Å²) in [6.45, 7) is 7.92. The molecule has 4 heteroatoms. The summed E-state index contributed by atoms with van der Waals surface area (Å²) in [5, 5.41) is 3.43. The fraction of sp³-hybridized carbons (Fsp3) is 0.611. The second-order valence-corrected chi connectivity index (χ2v) is 7.45. The quantitative estimate of drug-likeness (QED) is 0.653. The van der Waals surface area contributed by atoms with Crippen molar-refractivity contribution in [1.82, 2.24) is 0 Å². The van der Waals surface area contributed by atoms with E-state index in [1.807, 2.05) is 0 Å². The van der Waals surface area contributed by atoms with Crippen molar-refractivity contribution < 1.29 is 9.53 Å². The fourth-order valence-electron chi connectivity index (χ4n) is 3.91. The van der Waals surface area contributed by atoms with Gasteiger partial charge in [-0.05, 0) is 54.7 Å². The summed E-state index contributed by atoms with van der Waals surface area (Å²) in [7, 11) is 1.39. The molecule has 0 saturated heterocycles. The van der Waals surface area contributed by atoms with Crippen molar-refractivity contribution in [3.05, 3.63) is 23.8 Å². The summed E-state index contributed by atoms with van der Waals surface area (Å²) < 4.78 is 4.76. The summed E-state index contributed by atoms with van der Waals surface area (Å²) in [6.07, 6.45) is 3.76. The largest absolute Gasteiger partial charge is 0.465 e. The number of anilines is 2. The average molecular weight is 304 g/mol. The number of nitrogens with one attached hydrogen (secondary N) is 1. The van der Waals surface area contributed by atoms with Crippen LogP contribution >= 0.6 is 0 Å². The zero-order valence-corrected chi connectivity index (χ0v) is 14.1. The van der Waals surface area contributed by atoms with Gasteiger partial charge in [-0.2, -0.15) is 0 Å². The van der Waals surface area contributed by atoms with Crippen molar-refractivity contribution in [3.8, 4) is 0 Å². The number of hydrogen-bond acceptors (Lipinski definition) is 4. The zero-order valence-electron chi connectivity index (χ0n) is 14.1. The number of nitrogens with two attached hydrogens (primary N) is 1. The van der Waals surface area contributed by atoms with Crippen LogP contribution in [0.4, 0.5) is 11.4 Å². The Bertz CT molecular complexity index is 540. The number of rotatable bonds is 4. The summed E-state index contributed by atoms with van der Waals surface area (Å²) >= 11 is 0. The SMILES string of the molecule is COC(=O)c1ccc(N)c(NCC2CC(C)CC(C)(C)C2)c1. The number of methoxy groups -OCH3 is 1. The first-order valence-electron chi connectivity index (χ1n) is 8.02. The Morgan fingerprint density at radius 2 is 2.14 bits per heavy atom. The van der Waals surface area contributed by atoms with Crippen molar-refractivity contribution in [2.45, 2.75) is 40.0 Å². The minimum absolute atomic E-state index is 0.338. The lowest BCUT2D eigenvalue weighted by atomic mass is 9.68. The fourth-order valence-corrected chi connectivity index (χ4v) is 3.91. The lowest BCUT2D eigenvalue weighted by molar-refractivity contribution is 0.0601. The van der Waals surface area contributed by atoms with Crippen LogP contribution in [0.1, 0.15) is 50.4 Å². The standard InChI is InChI=1S/C18H28N2O2/c1-12-7-13(10-18(2,3)9-12)11-20-16-8-14(17(21)22-4)5-6-15(16)19/h5-6,8,12-13,20H,7,9-11,19H2,1-4H3. The highest BCUT2D eigenvalue weighted by atomic mass is 16.5. The van der Waals surface area contributed by atoms with Crippen molar-refractivity contribution >= 4 is 17.3 Å². The highest BCUT2D eigenvalue weighted by Gasteiger charge is 2.31. The van der Waals surface area contributed by atoms with Gasteiger partial charge in [0.05, 0.1) is 24.0 Å². The second-order valence-electron chi connectivity index (χ2n) is 7.45. The van der Waals surface area contributed by atoms with Gasteiger partial charge in [-0.3, -0.25) is 0 Å². The van der Waals surface area contributed by atoms with Gasteiger partial charge in [-0.25, -0.2) is 4.79 Å². The van der Waals surface area contributed by atoms with Crippen molar-refractivity contribution in [2.24, 2.45) is 17.3 Å². The third-order valence-electron chi connectivity index (χ3n) is 4.53. The lowest BCUT2D eigenvalue weighted by Gasteiger charge is -2.39. The van der Waals surface area contributed by atoms with Gasteiger partial charge in [-0.15, -0.1) is 0 Å². The van der Waals surface area contributed by atoms with Crippen LogP contribution in [0.3, 0.4) is 0 Å². The Morgan fingerprint density at radius 3 is 2.77 bits per heavy atom. The molecule has 122 valence electrons. The van der Waals surface area contributed by atoms with Gasteiger partial charge in [0.2, 0.25) is 0 Å². The molecule has 0 bridgehead atoms. The van der Waals surface area contributed by atoms with E-state index in [0.29, 0.717) is 22.6 Å². The molecule has 0 aromatic heterocycles. The molecule has 2 rings (SSSR count). The first-order chi connectivity index (χ1) is 10.3. The van der Waals surface area contributed by atoms with Crippen LogP contribution in [0.25, 0.3) is 0 Å². The molecule has 1 aliphatic carbocycles. The molecule has 2 unspecified atom stereocenters. The Hall–Kier alpha value is -1.71. The van der Waals surface area contributed by atoms with E-state index < -0.39 is 0 Å². The molecule has 22 heavy (non-hydrogen) atoms. The highest BCUT2D eigenvalue weighted by molar-refractivity contribution is 5.91. The summed E-state index contributed by atoms with van der Waals surface area (Å²) in [5.41, 5.74) is 8.42. The van der Waals surface area contributed by atoms with Crippen LogP contribution in [0, 0.1) is 17.3 Å². The average Bonchev–Trinajstić information content (AvgIpc) is 2.43. The first kappa shape index (κ1) is 16.7. The third-order valence-corrected chi connectivity index (χ3v) is 4.53. The molecule has 4 nitrogen and oxygen atoms in total. The van der Waals surface area contributed by atoms with Crippen LogP contribution in [0.2, 0.25) is 0 Å². The summed E-state index contributed by atoms with van der Waals surface area (Å²) in [5.74, 6) is 1.06. The summed E-state index contributed by atoms with van der Waals surface area (Å²) in [4.78, 5) is 11.6. The number of esters is 1. The molecule has 0 spiro atoms. The topological polar surface area (TPSA) is 64.3 Å². The zero-order chi connectivity index (χ0) is 16.3. The number of benzene rings is 1. The monoisotopic (exact) mass is 304 g/mol. The smallest absolute Gasteiger partial charge is 0.337 e. The van der Waals surface area contributed by atoms with E-state index in [-0.39, 0.29) is 5.97 Å². The molecule has 0 heterocycles. The molecular weight excluding hydrogens is 276 g/mol. The molecule has 0 amide bonds. The maximum atomic E-state index is 11.6. The highest BCUT2D eigenvalue weighted by Crippen LogP contribution is 2.41. The number of nitrogen functional groups attached to an aromatic ring is 1. The van der Waals surface area contributed by atoms with Gasteiger partial charge < -0.3 is 15.8 Å². The molecular formula is C18H28N2O2. The van der Waals surface area contributed by atoms with Crippen LogP contribution in [0.15, 0.2) is 18.2 Å². The Morgan fingerprint density at radius 1 is 1.41 bits per heavy atom. The van der Waals surface area contributed by atoms with E-state index in [9.17, 15) is 4.79 Å². The summed E-state index contributed by atoms with van der Waals surface area (Å²) in [6, 6.07) is 5.22. The molecule has 2 atom stereocenters. The van der Waals surface area contributed by atoms with Crippen molar-refractivity contribution in [3.63, 3.8) is 0 Å². The number of hydrogen-bond donors (Lipinski definition) is 2. The molecule has 1 saturated carbocycles. The normalized spacial score (nSPS) is 23.8. The molecule has 1 fully saturated rings. The first-order valence-corrected chi connectivity index (χ1v) is 8.02. The molecule has 1 aromatic carbocycles. The van der Waals surface area contributed by atoms with Gasteiger partial charge in [0.15, 0.2) is 0 Å². The van der Waals surface area contributed by atoms with Crippen LogP contribution in [0.5, 0.6) is 0 Å². The molecule has 1 aliphatic rings. The van der Waals surface area contributed by atoms with E-state index in [1.54, 1.807) is 18.2 Å². The van der Waals surface area contributed by atoms with E-state index in [0.717, 1.165) is 18.2 Å². The second kappa shape index (κ2) is 6.59. The molecule has 0 aliphatic heterocycles. The minimum Gasteiger partial charge on any atom is -0.465 e. The van der Waals surface area contributed by atoms with E-state index in [1.165, 1.54) is 26.4 Å². The lowest BCUT2D eigenvalue weighted by Crippen LogP contribution is -2.31. The molecule has 0 radical (unpaired) electrons. The molecule has 3 N–H and O–H groups in total. The van der Waals surface area contributed by atoms with E-state index >= 15 is 0 Å². The number of carbonyl (C=O) groups is 1. The van der Waals surface area contributed by atoms with Gasteiger partial charge in [-0.1, -0.05) is 20.8 Å². The van der Waals surface area contributed by atoms with Gasteiger partial charge in [0.1, 0.15) is 0 Å². The Kier molecular flexibility index (Phi) is 4.99. The van der Waals surface area contributed by atoms with Crippen LogP contribution < -0.4 is 11.1 Å². The van der Waals surface area contributed by atoms with Crippen molar-refractivity contribution in [2.75, 3.05) is 24.7 Å². The van der Waals surface area contributed by atoms with Crippen LogP contribution in [-0.2, 0) is 4.74 Å². The molecule has 1 aromatic rings. The minimum atomic E-state index is -0.338.